The molecule has 204 valence electrons. The number of rotatable bonds is 11. The van der Waals surface area contributed by atoms with E-state index in [1.54, 1.807) is 5.01 Å². The van der Waals surface area contributed by atoms with Crippen molar-refractivity contribution in [1.82, 2.24) is 20.4 Å². The van der Waals surface area contributed by atoms with Gasteiger partial charge in [-0.1, -0.05) is 29.5 Å². The number of anilines is 1. The molecule has 2 saturated heterocycles. The zero-order valence-corrected chi connectivity index (χ0v) is 22.4. The molecule has 2 aromatic rings. The maximum Gasteiger partial charge on any atom is 0.125 e. The Labute approximate surface area is 225 Å². The fraction of sp³-hybridized carbons (Fsp3) is 0.481. The average molecular weight is 520 g/mol. The summed E-state index contributed by atoms with van der Waals surface area (Å²) in [5.74, 6) is 1.05. The smallest absolute Gasteiger partial charge is 0.125 e. The van der Waals surface area contributed by atoms with Gasteiger partial charge in [-0.15, -0.1) is 5.11 Å². The third-order valence-electron chi connectivity index (χ3n) is 6.77. The molecule has 0 saturated carbocycles. The van der Waals surface area contributed by atoms with Crippen molar-refractivity contribution in [2.75, 3.05) is 90.6 Å². The van der Waals surface area contributed by atoms with Crippen LogP contribution in [-0.2, 0) is 0 Å². The van der Waals surface area contributed by atoms with Crippen LogP contribution < -0.4 is 27.1 Å². The summed E-state index contributed by atoms with van der Waals surface area (Å²) in [7, 11) is 1.86. The van der Waals surface area contributed by atoms with Crippen molar-refractivity contribution < 1.29 is 0 Å². The van der Waals surface area contributed by atoms with E-state index in [1.165, 1.54) is 0 Å². The molecule has 2 fully saturated rings. The first-order valence-corrected chi connectivity index (χ1v) is 13.4. The molecule has 6 N–H and O–H groups in total. The molecule has 38 heavy (non-hydrogen) atoms. The second kappa shape index (κ2) is 14.5. The van der Waals surface area contributed by atoms with Gasteiger partial charge in [-0.3, -0.25) is 19.8 Å². The van der Waals surface area contributed by atoms with Crippen molar-refractivity contribution in [2.45, 2.75) is 0 Å². The van der Waals surface area contributed by atoms with Crippen molar-refractivity contribution in [3.8, 4) is 0 Å². The molecule has 2 heterocycles. The van der Waals surface area contributed by atoms with E-state index in [-0.39, 0.29) is 0 Å². The number of aliphatic imine (C=N–C) groups is 2. The zero-order chi connectivity index (χ0) is 26.6. The fourth-order valence-electron chi connectivity index (χ4n) is 4.44. The van der Waals surface area contributed by atoms with Crippen LogP contribution in [0.4, 0.5) is 11.4 Å². The Hall–Kier alpha value is -3.38. The Morgan fingerprint density at radius 2 is 1.32 bits per heavy atom. The molecular weight excluding hydrogens is 478 g/mol. The second-order valence-electron chi connectivity index (χ2n) is 9.53. The molecule has 0 amide bonds. The van der Waals surface area contributed by atoms with Gasteiger partial charge in [0.15, 0.2) is 0 Å². The summed E-state index contributed by atoms with van der Waals surface area (Å²) >= 11 is 0. The van der Waals surface area contributed by atoms with Crippen molar-refractivity contribution in [3.05, 3.63) is 59.7 Å². The van der Waals surface area contributed by atoms with Crippen LogP contribution in [-0.4, -0.2) is 107 Å². The number of amidine groups is 2. The van der Waals surface area contributed by atoms with Gasteiger partial charge in [0.25, 0.3) is 0 Å². The normalized spacial score (nSPS) is 18.2. The molecule has 0 spiro atoms. The fourth-order valence-corrected chi connectivity index (χ4v) is 4.44. The molecular formula is C27H41N11. The number of hydrogen-bond acceptors (Lipinski definition) is 8. The molecule has 11 heteroatoms. The average Bonchev–Trinajstić information content (AvgIpc) is 2.97. The minimum Gasteiger partial charge on any atom is -0.384 e. The molecule has 0 radical (unpaired) electrons. The lowest BCUT2D eigenvalue weighted by Crippen LogP contribution is -2.44. The van der Waals surface area contributed by atoms with E-state index in [0.29, 0.717) is 30.4 Å². The highest BCUT2D eigenvalue weighted by Crippen LogP contribution is 2.19. The summed E-state index contributed by atoms with van der Waals surface area (Å²) in [6.07, 6.45) is 0. The van der Waals surface area contributed by atoms with E-state index < -0.39 is 0 Å². The minimum absolute atomic E-state index is 0.518. The third kappa shape index (κ3) is 8.59. The number of piperazine rings is 2. The summed E-state index contributed by atoms with van der Waals surface area (Å²) in [5.41, 5.74) is 15.8. The van der Waals surface area contributed by atoms with E-state index in [0.717, 1.165) is 82.3 Å². The van der Waals surface area contributed by atoms with E-state index >= 15 is 0 Å². The monoisotopic (exact) mass is 519 g/mol. The molecule has 4 rings (SSSR count). The first-order valence-electron chi connectivity index (χ1n) is 13.4. The van der Waals surface area contributed by atoms with Gasteiger partial charge in [-0.05, 0) is 24.3 Å². The highest BCUT2D eigenvalue weighted by atomic mass is 15.5. The van der Waals surface area contributed by atoms with Gasteiger partial charge in [-0.2, -0.15) is 0 Å². The second-order valence-corrected chi connectivity index (χ2v) is 9.53. The molecule has 0 bridgehead atoms. The molecule has 0 aliphatic carbocycles. The van der Waals surface area contributed by atoms with E-state index in [1.807, 2.05) is 55.6 Å². The molecule has 0 aromatic heterocycles. The van der Waals surface area contributed by atoms with Crippen LogP contribution in [0.15, 0.2) is 68.9 Å². The maximum atomic E-state index is 6.28. The summed E-state index contributed by atoms with van der Waals surface area (Å²) in [5, 5.41) is 17.2. The zero-order valence-electron chi connectivity index (χ0n) is 22.4. The van der Waals surface area contributed by atoms with Crippen LogP contribution in [0.2, 0.25) is 0 Å². The first kappa shape index (κ1) is 27.6. The van der Waals surface area contributed by atoms with Crippen LogP contribution in [0.3, 0.4) is 0 Å². The Morgan fingerprint density at radius 1 is 0.789 bits per heavy atom. The maximum absolute atomic E-state index is 6.28. The third-order valence-corrected chi connectivity index (χ3v) is 6.77. The lowest BCUT2D eigenvalue weighted by atomic mass is 10.2. The van der Waals surface area contributed by atoms with E-state index in [4.69, 9.17) is 11.5 Å². The lowest BCUT2D eigenvalue weighted by Gasteiger charge is -2.26. The molecule has 0 unspecified atom stereocenters. The predicted octanol–water partition coefficient (Wildman–Crippen LogP) is 1.04. The summed E-state index contributed by atoms with van der Waals surface area (Å²) in [4.78, 5) is 14.0. The van der Waals surface area contributed by atoms with Gasteiger partial charge in [0.2, 0.25) is 0 Å². The largest absolute Gasteiger partial charge is 0.384 e. The quantitative estimate of drug-likeness (QED) is 0.151. The highest BCUT2D eigenvalue weighted by molar-refractivity contribution is 5.98. The van der Waals surface area contributed by atoms with Gasteiger partial charge in [0.1, 0.15) is 11.7 Å². The van der Waals surface area contributed by atoms with E-state index in [2.05, 4.69) is 40.8 Å². The Bertz CT molecular complexity index is 1100. The standard InChI is InChI=1S/C27H41N11/c1-36(25-7-3-5-23(21-25)27(29)33-13-19-38-16-10-31-11-17-38)35-34-24-6-2-4-22(20-24)26(28)32-12-18-37-14-8-30-9-15-37/h2-7,20-21,30-31H,8-19H2,1H3,(H2,28,32)(H2,29,33). The minimum atomic E-state index is 0.518. The molecule has 2 aromatic carbocycles. The van der Waals surface area contributed by atoms with Crippen LogP contribution >= 0.6 is 0 Å². The van der Waals surface area contributed by atoms with Gasteiger partial charge >= 0.3 is 0 Å². The Morgan fingerprint density at radius 3 is 1.89 bits per heavy atom. The number of nitrogens with one attached hydrogen (secondary N) is 2. The van der Waals surface area contributed by atoms with Crippen LogP contribution in [0.1, 0.15) is 11.1 Å². The predicted molar refractivity (Wildman–Crippen MR) is 156 cm³/mol. The van der Waals surface area contributed by atoms with Gasteiger partial charge in [0, 0.05) is 83.6 Å². The number of nitrogens with zero attached hydrogens (tertiary/aromatic N) is 7. The van der Waals surface area contributed by atoms with Gasteiger partial charge in [-0.25, -0.2) is 5.01 Å². The Balaban J connectivity index is 1.32. The number of benzene rings is 2. The molecule has 2 aliphatic heterocycles. The summed E-state index contributed by atoms with van der Waals surface area (Å²) < 4.78 is 0. The first-order chi connectivity index (χ1) is 18.6. The SMILES string of the molecule is CN(N=Nc1cccc(C(N)=NCCN2CCNCC2)c1)c1cccc(C(N)=NCCN2CCNCC2)c1. The molecule has 11 nitrogen and oxygen atoms in total. The van der Waals surface area contributed by atoms with Crippen LogP contribution in [0.5, 0.6) is 0 Å². The summed E-state index contributed by atoms with van der Waals surface area (Å²) in [6.45, 7) is 11.5. The van der Waals surface area contributed by atoms with Crippen molar-refractivity contribution in [1.29, 1.82) is 0 Å². The van der Waals surface area contributed by atoms with Crippen molar-refractivity contribution in [2.24, 2.45) is 31.8 Å². The number of nitrogens with two attached hydrogens (primary N) is 2. The van der Waals surface area contributed by atoms with Crippen molar-refractivity contribution >= 4 is 23.0 Å². The Kier molecular flexibility index (Phi) is 10.6. The van der Waals surface area contributed by atoms with E-state index in [9.17, 15) is 0 Å². The molecule has 0 atom stereocenters. The lowest BCUT2D eigenvalue weighted by molar-refractivity contribution is 0.247. The summed E-state index contributed by atoms with van der Waals surface area (Å²) in [6, 6.07) is 15.5. The topological polar surface area (TPSA) is 135 Å². The van der Waals surface area contributed by atoms with Gasteiger partial charge in [0.05, 0.1) is 24.5 Å². The van der Waals surface area contributed by atoms with Crippen LogP contribution in [0.25, 0.3) is 0 Å². The molecule has 2 aliphatic rings. The highest BCUT2D eigenvalue weighted by Gasteiger charge is 2.10. The van der Waals surface area contributed by atoms with Crippen LogP contribution in [0, 0.1) is 0 Å². The van der Waals surface area contributed by atoms with Gasteiger partial charge < -0.3 is 22.1 Å². The van der Waals surface area contributed by atoms with Crippen molar-refractivity contribution in [3.63, 3.8) is 0 Å². The number of hydrogen-bond donors (Lipinski definition) is 4.